The summed E-state index contributed by atoms with van der Waals surface area (Å²) >= 11 is 0. The largest absolute Gasteiger partial charge is 0.374 e. The zero-order valence-corrected chi connectivity index (χ0v) is 20.1. The highest BCUT2D eigenvalue weighted by Gasteiger charge is 2.23. The van der Waals surface area contributed by atoms with Crippen molar-refractivity contribution in [2.75, 3.05) is 66.0 Å². The number of allylic oxidation sites excluding steroid dienone is 2. The SMILES string of the molecule is CC1C/C=C(\N2CCN(CC(=O)NCC3CN(C)CCO3)CC2)N=NC=C1c1ccc(F)cc1. The van der Waals surface area contributed by atoms with E-state index in [-0.39, 0.29) is 23.7 Å². The minimum Gasteiger partial charge on any atom is -0.374 e. The molecule has 1 aromatic carbocycles. The van der Waals surface area contributed by atoms with Crippen LogP contribution >= 0.6 is 0 Å². The van der Waals surface area contributed by atoms with Gasteiger partial charge in [0.05, 0.1) is 25.5 Å². The molecule has 2 saturated heterocycles. The zero-order valence-electron chi connectivity index (χ0n) is 20.1. The van der Waals surface area contributed by atoms with Crippen molar-refractivity contribution in [2.45, 2.75) is 19.4 Å². The van der Waals surface area contributed by atoms with Crippen LogP contribution in [0.15, 0.2) is 52.6 Å². The van der Waals surface area contributed by atoms with Gasteiger partial charge in [0, 0.05) is 45.8 Å². The lowest BCUT2D eigenvalue weighted by atomic mass is 9.92. The number of hydrogen-bond donors (Lipinski definition) is 1. The summed E-state index contributed by atoms with van der Waals surface area (Å²) in [4.78, 5) is 19.0. The lowest BCUT2D eigenvalue weighted by molar-refractivity contribution is -0.123. The highest BCUT2D eigenvalue weighted by atomic mass is 19.1. The number of nitrogens with zero attached hydrogens (tertiary/aromatic N) is 5. The van der Waals surface area contributed by atoms with Crippen LogP contribution in [0.3, 0.4) is 0 Å². The molecule has 1 aromatic rings. The molecule has 1 amide bonds. The summed E-state index contributed by atoms with van der Waals surface area (Å²) < 4.78 is 19.0. The van der Waals surface area contributed by atoms with Gasteiger partial charge in [-0.25, -0.2) is 4.39 Å². The topological polar surface area (TPSA) is 72.8 Å². The summed E-state index contributed by atoms with van der Waals surface area (Å²) in [6, 6.07) is 6.52. The molecule has 0 aromatic heterocycles. The standard InChI is InChI=1S/C25H35FN6O2/c1-19-3-8-24(29-28-16-23(19)20-4-6-21(26)7-5-20)32-11-9-31(10-12-32)18-25(33)27-15-22-17-30(2)13-14-34-22/h4-8,16,19,22H,3,9-15,17-18H2,1-2H3,(H,27,33)/b23-16?,24-8-,29-28?. The summed E-state index contributed by atoms with van der Waals surface area (Å²) in [5.41, 5.74) is 2.03. The predicted molar refractivity (Wildman–Crippen MR) is 129 cm³/mol. The van der Waals surface area contributed by atoms with E-state index >= 15 is 0 Å². The number of likely N-dealkylation sites (N-methyl/N-ethyl adjacent to an activating group) is 1. The molecule has 0 saturated carbocycles. The molecule has 8 nitrogen and oxygen atoms in total. The van der Waals surface area contributed by atoms with E-state index in [9.17, 15) is 9.18 Å². The monoisotopic (exact) mass is 470 g/mol. The van der Waals surface area contributed by atoms with Gasteiger partial charge in [-0.2, -0.15) is 5.11 Å². The van der Waals surface area contributed by atoms with Crippen LogP contribution in [0, 0.1) is 11.7 Å². The van der Waals surface area contributed by atoms with Gasteiger partial charge < -0.3 is 19.9 Å². The Balaban J connectivity index is 1.24. The van der Waals surface area contributed by atoms with Gasteiger partial charge >= 0.3 is 0 Å². The molecular formula is C25H35FN6O2. The number of carbonyl (C=O) groups is 1. The van der Waals surface area contributed by atoms with Gasteiger partial charge in [0.2, 0.25) is 5.91 Å². The zero-order chi connectivity index (χ0) is 23.9. The maximum absolute atomic E-state index is 13.3. The van der Waals surface area contributed by atoms with E-state index in [4.69, 9.17) is 4.74 Å². The fourth-order valence-corrected chi connectivity index (χ4v) is 4.53. The molecule has 2 atom stereocenters. The van der Waals surface area contributed by atoms with Crippen LogP contribution in [0.1, 0.15) is 18.9 Å². The fourth-order valence-electron chi connectivity index (χ4n) is 4.53. The minimum absolute atomic E-state index is 0.0439. The second-order valence-electron chi connectivity index (χ2n) is 9.33. The van der Waals surface area contributed by atoms with E-state index in [0.29, 0.717) is 19.7 Å². The quantitative estimate of drug-likeness (QED) is 0.692. The maximum Gasteiger partial charge on any atom is 0.234 e. The molecule has 34 heavy (non-hydrogen) atoms. The molecule has 1 N–H and O–H groups in total. The first-order chi connectivity index (χ1) is 16.5. The van der Waals surface area contributed by atoms with Crippen molar-refractivity contribution in [1.82, 2.24) is 20.0 Å². The second-order valence-corrected chi connectivity index (χ2v) is 9.33. The number of piperazine rings is 1. The number of rotatable bonds is 6. The Morgan fingerprint density at radius 3 is 2.68 bits per heavy atom. The second kappa shape index (κ2) is 11.7. The number of benzene rings is 1. The Morgan fingerprint density at radius 1 is 1.18 bits per heavy atom. The average Bonchev–Trinajstić information content (AvgIpc) is 2.82. The number of amides is 1. The normalized spacial score (nSPS) is 26.3. The molecule has 0 aliphatic carbocycles. The van der Waals surface area contributed by atoms with Gasteiger partial charge in [0.25, 0.3) is 0 Å². The highest BCUT2D eigenvalue weighted by molar-refractivity contribution is 5.78. The van der Waals surface area contributed by atoms with Crippen molar-refractivity contribution >= 4 is 11.5 Å². The number of carbonyl (C=O) groups excluding carboxylic acids is 1. The third kappa shape index (κ3) is 6.71. The lowest BCUT2D eigenvalue weighted by Crippen LogP contribution is -2.50. The van der Waals surface area contributed by atoms with Gasteiger partial charge in [0.1, 0.15) is 11.6 Å². The van der Waals surface area contributed by atoms with Gasteiger partial charge in [-0.1, -0.05) is 19.1 Å². The molecule has 0 bridgehead atoms. The van der Waals surface area contributed by atoms with E-state index in [1.54, 1.807) is 18.3 Å². The summed E-state index contributed by atoms with van der Waals surface area (Å²) in [6.07, 6.45) is 4.82. The molecule has 0 radical (unpaired) electrons. The van der Waals surface area contributed by atoms with Crippen molar-refractivity contribution in [2.24, 2.45) is 16.1 Å². The van der Waals surface area contributed by atoms with Gasteiger partial charge in [-0.3, -0.25) is 9.69 Å². The summed E-state index contributed by atoms with van der Waals surface area (Å²) in [7, 11) is 2.07. The molecule has 2 fully saturated rings. The van der Waals surface area contributed by atoms with E-state index in [0.717, 1.165) is 62.6 Å². The number of nitrogens with one attached hydrogen (secondary N) is 1. The summed E-state index contributed by atoms with van der Waals surface area (Å²) in [5, 5.41) is 11.8. The van der Waals surface area contributed by atoms with Crippen LogP contribution in [0.5, 0.6) is 0 Å². The molecule has 0 spiro atoms. The number of morpholine rings is 1. The van der Waals surface area contributed by atoms with E-state index in [1.807, 2.05) is 0 Å². The number of azo groups is 1. The van der Waals surface area contributed by atoms with Crippen LogP contribution < -0.4 is 5.32 Å². The van der Waals surface area contributed by atoms with Gasteiger partial charge in [0.15, 0.2) is 0 Å². The molecule has 4 rings (SSSR count). The van der Waals surface area contributed by atoms with Crippen molar-refractivity contribution in [3.63, 3.8) is 0 Å². The number of hydrogen-bond acceptors (Lipinski definition) is 7. The average molecular weight is 471 g/mol. The first-order valence-electron chi connectivity index (χ1n) is 12.1. The first-order valence-corrected chi connectivity index (χ1v) is 12.1. The van der Waals surface area contributed by atoms with Crippen molar-refractivity contribution < 1.29 is 13.9 Å². The molecule has 184 valence electrons. The minimum atomic E-state index is -0.241. The van der Waals surface area contributed by atoms with E-state index in [1.165, 1.54) is 12.1 Å². The van der Waals surface area contributed by atoms with E-state index < -0.39 is 0 Å². The molecule has 3 heterocycles. The smallest absolute Gasteiger partial charge is 0.234 e. The Labute approximate surface area is 201 Å². The maximum atomic E-state index is 13.3. The predicted octanol–water partition coefficient (Wildman–Crippen LogP) is 2.56. The third-order valence-corrected chi connectivity index (χ3v) is 6.65. The van der Waals surface area contributed by atoms with Crippen molar-refractivity contribution in [1.29, 1.82) is 0 Å². The molecule has 3 aliphatic heterocycles. The van der Waals surface area contributed by atoms with Crippen LogP contribution in [0.2, 0.25) is 0 Å². The highest BCUT2D eigenvalue weighted by Crippen LogP contribution is 2.29. The summed E-state index contributed by atoms with van der Waals surface area (Å²) in [5.74, 6) is 0.929. The Morgan fingerprint density at radius 2 is 1.94 bits per heavy atom. The number of ether oxygens (including phenoxy) is 1. The van der Waals surface area contributed by atoms with Gasteiger partial charge in [-0.05, 0) is 48.7 Å². The van der Waals surface area contributed by atoms with Gasteiger partial charge in [-0.15, -0.1) is 5.11 Å². The van der Waals surface area contributed by atoms with Crippen molar-refractivity contribution in [3.05, 3.63) is 53.7 Å². The first kappa shape index (κ1) is 24.5. The van der Waals surface area contributed by atoms with Crippen molar-refractivity contribution in [3.8, 4) is 0 Å². The van der Waals surface area contributed by atoms with Crippen LogP contribution in [-0.2, 0) is 9.53 Å². The molecule has 2 unspecified atom stereocenters. The number of halogens is 1. The van der Waals surface area contributed by atoms with E-state index in [2.05, 4.69) is 50.3 Å². The molecule has 3 aliphatic rings. The Kier molecular flexibility index (Phi) is 8.42. The Bertz CT molecular complexity index is 924. The van der Waals surface area contributed by atoms with Crippen LogP contribution in [0.25, 0.3) is 5.57 Å². The molecule has 9 heteroatoms. The van der Waals surface area contributed by atoms with Crippen LogP contribution in [0.4, 0.5) is 4.39 Å². The third-order valence-electron chi connectivity index (χ3n) is 6.65. The lowest BCUT2D eigenvalue weighted by Gasteiger charge is -2.35. The fraction of sp³-hybridized carbons (Fsp3) is 0.560. The van der Waals surface area contributed by atoms with Crippen LogP contribution in [-0.4, -0.2) is 92.7 Å². The molecular weight excluding hydrogens is 435 g/mol. The Hall–Kier alpha value is -2.62. The summed E-state index contributed by atoms with van der Waals surface area (Å²) in [6.45, 7) is 8.82.